The minimum atomic E-state index is -0.134. The van der Waals surface area contributed by atoms with Crippen molar-refractivity contribution in [3.8, 4) is 0 Å². The van der Waals surface area contributed by atoms with Gasteiger partial charge in [0, 0.05) is 26.2 Å². The number of rotatable bonds is 4. The summed E-state index contributed by atoms with van der Waals surface area (Å²) in [5, 5.41) is 0. The number of piperidine rings is 2. The number of ether oxygens (including phenoxy) is 1. The number of carbonyl (C=O) groups excluding carboxylic acids is 2. The van der Waals surface area contributed by atoms with Crippen LogP contribution in [0.2, 0.25) is 0 Å². The Balaban J connectivity index is 1.39. The van der Waals surface area contributed by atoms with Crippen LogP contribution in [0.25, 0.3) is 11.2 Å². The van der Waals surface area contributed by atoms with Crippen LogP contribution < -0.4 is 4.90 Å². The number of imidazole rings is 1. The van der Waals surface area contributed by atoms with Crippen LogP contribution in [0.4, 0.5) is 5.82 Å². The van der Waals surface area contributed by atoms with Crippen molar-refractivity contribution in [2.24, 2.45) is 11.8 Å². The van der Waals surface area contributed by atoms with Crippen LogP contribution in [0.1, 0.15) is 32.6 Å². The van der Waals surface area contributed by atoms with Crippen molar-refractivity contribution < 1.29 is 14.3 Å². The van der Waals surface area contributed by atoms with Gasteiger partial charge in [0.25, 0.3) is 0 Å². The maximum absolute atomic E-state index is 13.1. The molecule has 1 N–H and O–H groups in total. The SMILES string of the molecule is CCOC(=O)C1CCN(C(=O)C2CCCN(c3ncnc4nc[nH]c34)C2)CC1. The summed E-state index contributed by atoms with van der Waals surface area (Å²) < 4.78 is 5.12. The van der Waals surface area contributed by atoms with Gasteiger partial charge < -0.3 is 19.5 Å². The highest BCUT2D eigenvalue weighted by molar-refractivity contribution is 5.84. The van der Waals surface area contributed by atoms with E-state index in [4.69, 9.17) is 4.74 Å². The van der Waals surface area contributed by atoms with Crippen molar-refractivity contribution >= 4 is 28.9 Å². The third-order valence-electron chi connectivity index (χ3n) is 5.70. The summed E-state index contributed by atoms with van der Waals surface area (Å²) in [4.78, 5) is 44.9. The van der Waals surface area contributed by atoms with Gasteiger partial charge in [-0.1, -0.05) is 0 Å². The molecule has 0 aliphatic carbocycles. The number of nitrogens with zero attached hydrogens (tertiary/aromatic N) is 5. The molecule has 0 spiro atoms. The van der Waals surface area contributed by atoms with Crippen molar-refractivity contribution in [2.45, 2.75) is 32.6 Å². The molecule has 1 atom stereocenters. The second-order valence-corrected chi connectivity index (χ2v) is 7.44. The van der Waals surface area contributed by atoms with Gasteiger partial charge in [0.2, 0.25) is 5.91 Å². The number of aromatic amines is 1. The number of nitrogens with one attached hydrogen (secondary N) is 1. The molecule has 9 heteroatoms. The first-order valence-electron chi connectivity index (χ1n) is 10.0. The molecular formula is C19H26N6O3. The molecule has 2 aromatic heterocycles. The monoisotopic (exact) mass is 386 g/mol. The van der Waals surface area contributed by atoms with Crippen LogP contribution in [0.5, 0.6) is 0 Å². The van der Waals surface area contributed by atoms with Crippen molar-refractivity contribution in [2.75, 3.05) is 37.7 Å². The molecule has 1 amide bonds. The lowest BCUT2D eigenvalue weighted by Crippen LogP contribution is -2.48. The van der Waals surface area contributed by atoms with Gasteiger partial charge in [-0.3, -0.25) is 9.59 Å². The minimum Gasteiger partial charge on any atom is -0.466 e. The zero-order valence-corrected chi connectivity index (χ0v) is 16.1. The highest BCUT2D eigenvalue weighted by Gasteiger charge is 2.34. The first-order chi connectivity index (χ1) is 13.7. The van der Waals surface area contributed by atoms with Crippen molar-refractivity contribution in [3.05, 3.63) is 12.7 Å². The fraction of sp³-hybridized carbons (Fsp3) is 0.632. The Morgan fingerprint density at radius 3 is 2.75 bits per heavy atom. The summed E-state index contributed by atoms with van der Waals surface area (Å²) in [5.41, 5.74) is 1.45. The zero-order valence-electron chi connectivity index (χ0n) is 16.1. The second-order valence-electron chi connectivity index (χ2n) is 7.44. The summed E-state index contributed by atoms with van der Waals surface area (Å²) >= 11 is 0. The number of H-pyrrole nitrogens is 1. The molecule has 2 aliphatic rings. The molecule has 28 heavy (non-hydrogen) atoms. The molecule has 0 bridgehead atoms. The highest BCUT2D eigenvalue weighted by atomic mass is 16.5. The predicted octanol–water partition coefficient (Wildman–Crippen LogP) is 1.37. The van der Waals surface area contributed by atoms with Crippen molar-refractivity contribution in [1.82, 2.24) is 24.8 Å². The van der Waals surface area contributed by atoms with E-state index in [0.29, 0.717) is 44.7 Å². The molecule has 2 fully saturated rings. The molecule has 2 aromatic rings. The summed E-state index contributed by atoms with van der Waals surface area (Å²) in [6, 6.07) is 0. The molecule has 1 unspecified atom stereocenters. The number of likely N-dealkylation sites (tertiary alicyclic amines) is 1. The van der Waals surface area contributed by atoms with E-state index in [1.807, 2.05) is 11.8 Å². The molecule has 2 saturated heterocycles. The molecule has 2 aliphatic heterocycles. The van der Waals surface area contributed by atoms with Crippen LogP contribution in [0.3, 0.4) is 0 Å². The molecular weight excluding hydrogens is 360 g/mol. The van der Waals surface area contributed by atoms with Crippen LogP contribution >= 0.6 is 0 Å². The number of anilines is 1. The fourth-order valence-corrected chi connectivity index (χ4v) is 4.22. The van der Waals surface area contributed by atoms with Crippen LogP contribution in [0, 0.1) is 11.8 Å². The lowest BCUT2D eigenvalue weighted by Gasteiger charge is -2.37. The van der Waals surface area contributed by atoms with E-state index in [-0.39, 0.29) is 23.7 Å². The number of amides is 1. The van der Waals surface area contributed by atoms with E-state index >= 15 is 0 Å². The fourth-order valence-electron chi connectivity index (χ4n) is 4.22. The van der Waals surface area contributed by atoms with Crippen LogP contribution in [0.15, 0.2) is 12.7 Å². The van der Waals surface area contributed by atoms with Gasteiger partial charge in [0.05, 0.1) is 24.8 Å². The molecule has 4 heterocycles. The zero-order chi connectivity index (χ0) is 19.5. The Labute approximate surface area is 163 Å². The quantitative estimate of drug-likeness (QED) is 0.791. The third-order valence-corrected chi connectivity index (χ3v) is 5.70. The summed E-state index contributed by atoms with van der Waals surface area (Å²) in [6.45, 7) is 4.97. The second kappa shape index (κ2) is 8.12. The lowest BCUT2D eigenvalue weighted by molar-refractivity contribution is -0.151. The minimum absolute atomic E-state index is 0.0548. The number of esters is 1. The van der Waals surface area contributed by atoms with Crippen molar-refractivity contribution in [3.63, 3.8) is 0 Å². The van der Waals surface area contributed by atoms with E-state index in [1.54, 1.807) is 6.33 Å². The van der Waals surface area contributed by atoms with E-state index in [2.05, 4.69) is 24.8 Å². The first kappa shape index (κ1) is 18.6. The highest BCUT2D eigenvalue weighted by Crippen LogP contribution is 2.28. The van der Waals surface area contributed by atoms with Crippen molar-refractivity contribution in [1.29, 1.82) is 0 Å². The third kappa shape index (κ3) is 3.65. The maximum atomic E-state index is 13.1. The number of carbonyl (C=O) groups is 2. The van der Waals surface area contributed by atoms with Gasteiger partial charge in [0.15, 0.2) is 11.5 Å². The Morgan fingerprint density at radius 2 is 1.96 bits per heavy atom. The molecule has 150 valence electrons. The van der Waals surface area contributed by atoms with Crippen LogP contribution in [-0.2, 0) is 14.3 Å². The van der Waals surface area contributed by atoms with Gasteiger partial charge in [-0.15, -0.1) is 0 Å². The van der Waals surface area contributed by atoms with Crippen LogP contribution in [-0.4, -0.2) is 69.5 Å². The summed E-state index contributed by atoms with van der Waals surface area (Å²) in [7, 11) is 0. The number of aromatic nitrogens is 4. The van der Waals surface area contributed by atoms with Gasteiger partial charge >= 0.3 is 5.97 Å². The maximum Gasteiger partial charge on any atom is 0.309 e. The van der Waals surface area contributed by atoms with Gasteiger partial charge in [-0.2, -0.15) is 0 Å². The Hall–Kier alpha value is -2.71. The Kier molecular flexibility index (Phi) is 5.40. The van der Waals surface area contributed by atoms with E-state index in [1.165, 1.54) is 6.33 Å². The average molecular weight is 386 g/mol. The molecule has 0 saturated carbocycles. The Bertz CT molecular complexity index is 845. The largest absolute Gasteiger partial charge is 0.466 e. The molecule has 4 rings (SSSR count). The average Bonchev–Trinajstić information content (AvgIpc) is 3.22. The van der Waals surface area contributed by atoms with E-state index < -0.39 is 0 Å². The number of hydrogen-bond acceptors (Lipinski definition) is 7. The predicted molar refractivity (Wildman–Crippen MR) is 103 cm³/mol. The van der Waals surface area contributed by atoms with E-state index in [0.717, 1.165) is 30.7 Å². The normalized spacial score (nSPS) is 21.1. The Morgan fingerprint density at radius 1 is 1.14 bits per heavy atom. The van der Waals surface area contributed by atoms with Gasteiger partial charge in [0.1, 0.15) is 11.8 Å². The van der Waals surface area contributed by atoms with Gasteiger partial charge in [-0.05, 0) is 32.6 Å². The molecule has 0 radical (unpaired) electrons. The lowest BCUT2D eigenvalue weighted by atomic mass is 9.93. The van der Waals surface area contributed by atoms with Gasteiger partial charge in [-0.25, -0.2) is 15.0 Å². The molecule has 0 aromatic carbocycles. The topological polar surface area (TPSA) is 104 Å². The standard InChI is InChI=1S/C19H26N6O3/c1-2-28-19(27)13-5-8-24(9-6-13)18(26)14-4-3-7-25(10-14)17-15-16(21-11-20-15)22-12-23-17/h11-14H,2-10H2,1H3,(H,20,21,22,23). The van der Waals surface area contributed by atoms with E-state index in [9.17, 15) is 9.59 Å². The first-order valence-corrected chi connectivity index (χ1v) is 10.0. The summed E-state index contributed by atoms with van der Waals surface area (Å²) in [6.07, 6.45) is 6.32. The summed E-state index contributed by atoms with van der Waals surface area (Å²) in [5.74, 6) is 0.719. The number of fused-ring (bicyclic) bond motifs is 1. The number of hydrogen-bond donors (Lipinski definition) is 1. The molecule has 9 nitrogen and oxygen atoms in total. The smallest absolute Gasteiger partial charge is 0.309 e.